The summed E-state index contributed by atoms with van der Waals surface area (Å²) in [6.45, 7) is 5.79. The van der Waals surface area contributed by atoms with Gasteiger partial charge < -0.3 is 10.1 Å². The molecule has 0 radical (unpaired) electrons. The zero-order valence-corrected chi connectivity index (χ0v) is 14.9. The maximum absolute atomic E-state index is 12.7. The first kappa shape index (κ1) is 17.6. The number of para-hydroxylation sites is 1. The average Bonchev–Trinajstić information content (AvgIpc) is 2.62. The molecule has 0 aliphatic heterocycles. The quantitative estimate of drug-likeness (QED) is 0.762. The summed E-state index contributed by atoms with van der Waals surface area (Å²) < 4.78 is 6.68. The molecule has 7 heteroatoms. The molecule has 3 rings (SSSR count). The number of ether oxygens (including phenoxy) is 1. The second-order valence-electron chi connectivity index (χ2n) is 5.92. The number of benzene rings is 1. The molecule has 0 saturated heterocycles. The van der Waals surface area contributed by atoms with Gasteiger partial charge in [-0.15, -0.1) is 0 Å². The normalized spacial score (nSPS) is 10.7. The fraction of sp³-hybridized carbons (Fsp3) is 0.263. The lowest BCUT2D eigenvalue weighted by molar-refractivity contribution is -0.116. The van der Waals surface area contributed by atoms with E-state index < -0.39 is 5.56 Å². The van der Waals surface area contributed by atoms with Crippen molar-refractivity contribution in [3.63, 3.8) is 0 Å². The molecule has 0 spiro atoms. The van der Waals surface area contributed by atoms with Crippen molar-refractivity contribution in [2.45, 2.75) is 27.3 Å². The Hall–Kier alpha value is -3.22. The molecule has 2 aromatic heterocycles. The van der Waals surface area contributed by atoms with E-state index in [1.807, 2.05) is 32.0 Å². The molecular formula is C19H20N4O3. The van der Waals surface area contributed by atoms with E-state index in [-0.39, 0.29) is 18.3 Å². The summed E-state index contributed by atoms with van der Waals surface area (Å²) in [5.41, 5.74) is 3.27. The monoisotopic (exact) mass is 352 g/mol. The van der Waals surface area contributed by atoms with Crippen LogP contribution in [0.25, 0.3) is 11.0 Å². The Labute approximate surface area is 150 Å². The summed E-state index contributed by atoms with van der Waals surface area (Å²) in [6.07, 6.45) is 3.10. The Balaban J connectivity index is 1.98. The second kappa shape index (κ2) is 7.35. The Bertz CT molecular complexity index is 1010. The van der Waals surface area contributed by atoms with Gasteiger partial charge in [0.1, 0.15) is 12.1 Å². The van der Waals surface area contributed by atoms with Gasteiger partial charge in [0, 0.05) is 11.9 Å². The van der Waals surface area contributed by atoms with E-state index >= 15 is 0 Å². The lowest BCUT2D eigenvalue weighted by Crippen LogP contribution is -2.30. The Morgan fingerprint density at radius 1 is 1.23 bits per heavy atom. The number of carbonyl (C=O) groups excluding carboxylic acids is 1. The molecule has 0 bridgehead atoms. The van der Waals surface area contributed by atoms with Crippen LogP contribution in [-0.2, 0) is 11.3 Å². The van der Waals surface area contributed by atoms with Crippen LogP contribution >= 0.6 is 0 Å². The lowest BCUT2D eigenvalue weighted by Gasteiger charge is -2.14. The first-order chi connectivity index (χ1) is 12.5. The fourth-order valence-electron chi connectivity index (χ4n) is 2.80. The number of nitrogens with zero attached hydrogens (tertiary/aromatic N) is 3. The van der Waals surface area contributed by atoms with Gasteiger partial charge in [-0.05, 0) is 38.0 Å². The molecule has 0 aliphatic rings. The third-order valence-corrected chi connectivity index (χ3v) is 4.05. The van der Waals surface area contributed by atoms with Crippen LogP contribution in [0.5, 0.6) is 5.88 Å². The summed E-state index contributed by atoms with van der Waals surface area (Å²) in [6, 6.07) is 7.44. The molecule has 0 aliphatic carbocycles. The maximum atomic E-state index is 12.7. The van der Waals surface area contributed by atoms with Gasteiger partial charge in [-0.25, -0.2) is 4.98 Å². The highest BCUT2D eigenvalue weighted by molar-refractivity contribution is 5.93. The molecule has 3 aromatic rings. The standard InChI is InChI=1S/C19H20N4O3/c1-4-26-18-19(25)23(15-8-9-20-10-14(15)21-18)11-16(24)22-17-12(2)6-5-7-13(17)3/h5-10H,4,11H2,1-3H3,(H,22,24). The highest BCUT2D eigenvalue weighted by Gasteiger charge is 2.15. The lowest BCUT2D eigenvalue weighted by atomic mass is 10.1. The maximum Gasteiger partial charge on any atom is 0.314 e. The van der Waals surface area contributed by atoms with Gasteiger partial charge >= 0.3 is 5.56 Å². The average molecular weight is 352 g/mol. The van der Waals surface area contributed by atoms with E-state index in [1.165, 1.54) is 10.8 Å². The van der Waals surface area contributed by atoms with E-state index in [9.17, 15) is 9.59 Å². The molecule has 7 nitrogen and oxygen atoms in total. The van der Waals surface area contributed by atoms with Crippen molar-refractivity contribution < 1.29 is 9.53 Å². The van der Waals surface area contributed by atoms with Crippen molar-refractivity contribution in [2.75, 3.05) is 11.9 Å². The van der Waals surface area contributed by atoms with E-state index in [2.05, 4.69) is 15.3 Å². The molecule has 134 valence electrons. The highest BCUT2D eigenvalue weighted by atomic mass is 16.5. The van der Waals surface area contributed by atoms with Crippen LogP contribution < -0.4 is 15.6 Å². The number of carbonyl (C=O) groups is 1. The number of rotatable bonds is 5. The summed E-state index contributed by atoms with van der Waals surface area (Å²) in [5.74, 6) is -0.330. The molecule has 0 atom stereocenters. The smallest absolute Gasteiger partial charge is 0.314 e. The number of nitrogens with one attached hydrogen (secondary N) is 1. The van der Waals surface area contributed by atoms with Gasteiger partial charge in [-0.2, -0.15) is 0 Å². The third kappa shape index (κ3) is 3.42. The minimum atomic E-state index is -0.442. The van der Waals surface area contributed by atoms with Gasteiger partial charge in [0.25, 0.3) is 5.88 Å². The van der Waals surface area contributed by atoms with E-state index in [1.54, 1.807) is 19.2 Å². The van der Waals surface area contributed by atoms with Crippen molar-refractivity contribution in [1.29, 1.82) is 0 Å². The number of amides is 1. The van der Waals surface area contributed by atoms with Crippen molar-refractivity contribution in [2.24, 2.45) is 0 Å². The molecule has 2 heterocycles. The Kier molecular flexibility index (Phi) is 4.97. The zero-order valence-electron chi connectivity index (χ0n) is 14.9. The van der Waals surface area contributed by atoms with Gasteiger partial charge in [0.15, 0.2) is 0 Å². The summed E-state index contributed by atoms with van der Waals surface area (Å²) in [5, 5.41) is 2.89. The molecule has 0 saturated carbocycles. The minimum absolute atomic E-state index is 0.0344. The van der Waals surface area contributed by atoms with Crippen molar-refractivity contribution in [1.82, 2.24) is 14.5 Å². The SMILES string of the molecule is CCOc1nc2cnccc2n(CC(=O)Nc2c(C)cccc2C)c1=O. The number of hydrogen-bond donors (Lipinski definition) is 1. The zero-order chi connectivity index (χ0) is 18.7. The molecule has 1 amide bonds. The minimum Gasteiger partial charge on any atom is -0.474 e. The molecule has 1 aromatic carbocycles. The molecular weight excluding hydrogens is 332 g/mol. The van der Waals surface area contributed by atoms with Crippen LogP contribution in [0.2, 0.25) is 0 Å². The van der Waals surface area contributed by atoms with Crippen molar-refractivity contribution >= 4 is 22.6 Å². The van der Waals surface area contributed by atoms with Crippen LogP contribution in [0.4, 0.5) is 5.69 Å². The van der Waals surface area contributed by atoms with Crippen LogP contribution in [0.15, 0.2) is 41.5 Å². The van der Waals surface area contributed by atoms with Gasteiger partial charge in [0.05, 0.1) is 18.3 Å². The first-order valence-corrected chi connectivity index (χ1v) is 8.34. The summed E-state index contributed by atoms with van der Waals surface area (Å²) >= 11 is 0. The number of pyridine rings is 1. The predicted octanol–water partition coefficient (Wildman–Crippen LogP) is 2.45. The highest BCUT2D eigenvalue weighted by Crippen LogP contribution is 2.19. The summed E-state index contributed by atoms with van der Waals surface area (Å²) in [4.78, 5) is 33.5. The second-order valence-corrected chi connectivity index (χ2v) is 5.92. The number of aryl methyl sites for hydroxylation is 2. The number of fused-ring (bicyclic) bond motifs is 1. The molecule has 0 unspecified atom stereocenters. The Morgan fingerprint density at radius 2 is 1.96 bits per heavy atom. The van der Waals surface area contributed by atoms with E-state index in [0.717, 1.165) is 16.8 Å². The van der Waals surface area contributed by atoms with Gasteiger partial charge in [0.2, 0.25) is 5.91 Å². The molecule has 0 fully saturated rings. The first-order valence-electron chi connectivity index (χ1n) is 8.34. The molecule has 1 N–H and O–H groups in total. The molecule has 26 heavy (non-hydrogen) atoms. The number of hydrogen-bond acceptors (Lipinski definition) is 5. The predicted molar refractivity (Wildman–Crippen MR) is 99.5 cm³/mol. The number of anilines is 1. The van der Waals surface area contributed by atoms with Gasteiger partial charge in [-0.1, -0.05) is 18.2 Å². The van der Waals surface area contributed by atoms with Crippen molar-refractivity contribution in [3.8, 4) is 5.88 Å². The Morgan fingerprint density at radius 3 is 2.65 bits per heavy atom. The largest absolute Gasteiger partial charge is 0.474 e. The van der Waals surface area contributed by atoms with E-state index in [4.69, 9.17) is 4.74 Å². The van der Waals surface area contributed by atoms with Crippen LogP contribution in [0.1, 0.15) is 18.1 Å². The van der Waals surface area contributed by atoms with Crippen LogP contribution in [0.3, 0.4) is 0 Å². The summed E-state index contributed by atoms with van der Waals surface area (Å²) in [7, 11) is 0. The van der Waals surface area contributed by atoms with Crippen LogP contribution in [0, 0.1) is 13.8 Å². The fourth-order valence-corrected chi connectivity index (χ4v) is 2.80. The van der Waals surface area contributed by atoms with E-state index in [0.29, 0.717) is 17.6 Å². The topological polar surface area (TPSA) is 86.1 Å². The van der Waals surface area contributed by atoms with Crippen LogP contribution in [-0.4, -0.2) is 27.0 Å². The number of aromatic nitrogens is 3. The third-order valence-electron chi connectivity index (χ3n) is 4.05. The van der Waals surface area contributed by atoms with Gasteiger partial charge in [-0.3, -0.25) is 19.1 Å². The van der Waals surface area contributed by atoms with Crippen molar-refractivity contribution in [3.05, 3.63) is 58.1 Å².